The number of alkyl halides is 2. The molecule has 0 spiro atoms. The fourth-order valence-corrected chi connectivity index (χ4v) is 5.65. The lowest BCUT2D eigenvalue weighted by Gasteiger charge is -2.34. The van der Waals surface area contributed by atoms with E-state index in [0.717, 1.165) is 0 Å². The van der Waals surface area contributed by atoms with Crippen LogP contribution in [0.15, 0.2) is 0 Å². The van der Waals surface area contributed by atoms with Gasteiger partial charge in [-0.05, 0) is 6.92 Å². The smallest absolute Gasteiger partial charge is 0.344 e. The van der Waals surface area contributed by atoms with Crippen LogP contribution in [0.2, 0.25) is 0 Å². The van der Waals surface area contributed by atoms with Gasteiger partial charge in [0.1, 0.15) is 6.10 Å². The monoisotopic (exact) mass is 346 g/mol. The third-order valence-corrected chi connectivity index (χ3v) is 6.26. The van der Waals surface area contributed by atoms with E-state index in [1.54, 1.807) is 11.8 Å². The van der Waals surface area contributed by atoms with Crippen LogP contribution in [-0.4, -0.2) is 61.2 Å². The summed E-state index contributed by atoms with van der Waals surface area (Å²) in [7, 11) is -1.52. The molecule has 9 heteroatoms. The predicted molar refractivity (Wildman–Crippen MR) is 78.4 cm³/mol. The van der Waals surface area contributed by atoms with Gasteiger partial charge in [0.05, 0.1) is 12.1 Å². The molecule has 0 aliphatic carbocycles. The molecule has 1 N–H and O–H groups in total. The van der Waals surface area contributed by atoms with Gasteiger partial charge in [-0.15, -0.1) is 23.2 Å². The first-order valence-electron chi connectivity index (χ1n) is 6.66. The zero-order chi connectivity index (χ0) is 14.8. The Hall–Kier alpha value is 0.610. The molecule has 118 valence electrons. The van der Waals surface area contributed by atoms with Gasteiger partial charge in [-0.1, -0.05) is 0 Å². The van der Waals surface area contributed by atoms with Crippen LogP contribution in [0.4, 0.5) is 0 Å². The Bertz CT molecular complexity index is 370. The van der Waals surface area contributed by atoms with Crippen LogP contribution in [0.25, 0.3) is 0 Å². The Kier molecular flexibility index (Phi) is 6.15. The normalized spacial score (nSPS) is 41.0. The maximum absolute atomic E-state index is 13.0. The Morgan fingerprint density at radius 3 is 2.60 bits per heavy atom. The number of halogens is 2. The Morgan fingerprint density at radius 1 is 1.40 bits per heavy atom. The van der Waals surface area contributed by atoms with E-state index in [9.17, 15) is 4.57 Å². The van der Waals surface area contributed by atoms with Crippen LogP contribution in [0.5, 0.6) is 0 Å². The average molecular weight is 347 g/mol. The second-order valence-corrected chi connectivity index (χ2v) is 7.73. The van der Waals surface area contributed by atoms with Crippen LogP contribution in [0.3, 0.4) is 0 Å². The van der Waals surface area contributed by atoms with Crippen molar-refractivity contribution in [2.45, 2.75) is 37.9 Å². The minimum atomic E-state index is -3.11. The molecule has 20 heavy (non-hydrogen) atoms. The summed E-state index contributed by atoms with van der Waals surface area (Å²) >= 11 is 11.5. The number of hydrogen-bond donors (Lipinski definition) is 1. The molecule has 2 aliphatic heterocycles. The molecule has 0 saturated carbocycles. The van der Waals surface area contributed by atoms with Crippen LogP contribution in [-0.2, 0) is 18.6 Å². The Labute approximate surface area is 129 Å². The van der Waals surface area contributed by atoms with Gasteiger partial charge >= 0.3 is 7.67 Å². The molecular weight excluding hydrogens is 326 g/mol. The molecule has 2 saturated heterocycles. The van der Waals surface area contributed by atoms with Gasteiger partial charge in [-0.3, -0.25) is 9.09 Å². The molecule has 0 aromatic carbocycles. The molecule has 6 nitrogen and oxygen atoms in total. The van der Waals surface area contributed by atoms with E-state index in [4.69, 9.17) is 37.2 Å². The molecule has 2 heterocycles. The number of ether oxygens (including phenoxy) is 2. The highest BCUT2D eigenvalue weighted by Gasteiger charge is 2.51. The molecule has 0 radical (unpaired) electrons. The topological polar surface area (TPSA) is 60.0 Å². The van der Waals surface area contributed by atoms with Crippen LogP contribution >= 0.6 is 30.9 Å². The largest absolute Gasteiger partial charge is 0.356 e. The van der Waals surface area contributed by atoms with E-state index in [1.165, 1.54) is 0 Å². The third kappa shape index (κ3) is 3.50. The molecule has 0 aromatic heterocycles. The van der Waals surface area contributed by atoms with Crippen LogP contribution in [0.1, 0.15) is 13.3 Å². The number of nitrogens with zero attached hydrogens (tertiary/aromatic N) is 1. The zero-order valence-corrected chi connectivity index (χ0v) is 14.0. The predicted octanol–water partition coefficient (Wildman–Crippen LogP) is 2.01. The van der Waals surface area contributed by atoms with Gasteiger partial charge < -0.3 is 9.47 Å². The molecule has 2 rings (SSSR count). The van der Waals surface area contributed by atoms with Crippen molar-refractivity contribution in [3.05, 3.63) is 0 Å². The van der Waals surface area contributed by atoms with E-state index >= 15 is 0 Å². The van der Waals surface area contributed by atoms with E-state index in [-0.39, 0.29) is 24.5 Å². The Morgan fingerprint density at radius 2 is 2.05 bits per heavy atom. The lowest BCUT2D eigenvalue weighted by Crippen LogP contribution is -2.48. The molecular formula is C11H21Cl2N2O4P. The van der Waals surface area contributed by atoms with Crippen LogP contribution < -0.4 is 5.09 Å². The van der Waals surface area contributed by atoms with Crippen molar-refractivity contribution in [3.8, 4) is 0 Å². The van der Waals surface area contributed by atoms with Gasteiger partial charge in [-0.25, -0.2) is 9.76 Å². The van der Waals surface area contributed by atoms with Crippen molar-refractivity contribution in [2.24, 2.45) is 0 Å². The van der Waals surface area contributed by atoms with Crippen molar-refractivity contribution in [2.75, 3.05) is 32.0 Å². The highest BCUT2D eigenvalue weighted by Crippen LogP contribution is 2.55. The van der Waals surface area contributed by atoms with Gasteiger partial charge in [0, 0.05) is 38.4 Å². The lowest BCUT2D eigenvalue weighted by molar-refractivity contribution is -0.203. The van der Waals surface area contributed by atoms with Gasteiger partial charge in [-0.2, -0.15) is 0 Å². The SMILES string of the molecule is CO[C@H]1C[C@@H]2N[P@](=O)(N(CCCl)CCCl)O[C@@H]2[C@H](C)O1. The molecule has 0 amide bonds. The van der Waals surface area contributed by atoms with Crippen molar-refractivity contribution >= 4 is 30.9 Å². The summed E-state index contributed by atoms with van der Waals surface area (Å²) in [4.78, 5) is 0. The van der Waals surface area contributed by atoms with Crippen molar-refractivity contribution < 1.29 is 18.6 Å². The van der Waals surface area contributed by atoms with E-state index in [1.807, 2.05) is 6.92 Å². The van der Waals surface area contributed by atoms with Gasteiger partial charge in [0.2, 0.25) is 0 Å². The second-order valence-electron chi connectivity index (χ2n) is 4.90. The molecule has 0 unspecified atom stereocenters. The van der Waals surface area contributed by atoms with Gasteiger partial charge in [0.15, 0.2) is 6.29 Å². The van der Waals surface area contributed by atoms with E-state index < -0.39 is 7.67 Å². The van der Waals surface area contributed by atoms with Crippen LogP contribution in [0, 0.1) is 0 Å². The quantitative estimate of drug-likeness (QED) is 0.586. The first-order valence-corrected chi connectivity index (χ1v) is 9.30. The molecule has 0 aromatic rings. The maximum atomic E-state index is 13.0. The number of hydrogen-bond acceptors (Lipinski definition) is 4. The Balaban J connectivity index is 2.10. The zero-order valence-electron chi connectivity index (χ0n) is 11.6. The molecule has 0 bridgehead atoms. The number of rotatable bonds is 6. The second kappa shape index (κ2) is 7.25. The van der Waals surface area contributed by atoms with E-state index in [2.05, 4.69) is 5.09 Å². The average Bonchev–Trinajstić information content (AvgIpc) is 2.77. The first kappa shape index (κ1) is 17.0. The first-order chi connectivity index (χ1) is 9.54. The lowest BCUT2D eigenvalue weighted by atomic mass is 10.0. The standard InChI is InChI=1S/C11H21Cl2N2O4P/c1-8-11-9(7-10(17-2)18-8)14-20(16,19-11)15(5-3-12)6-4-13/h8-11H,3-7H2,1-2H3,(H,14,16)/t8-,9-,10+,11+,20+/m0/s1. The third-order valence-electron chi connectivity index (χ3n) is 3.59. The summed E-state index contributed by atoms with van der Waals surface area (Å²) in [5, 5.41) is 3.12. The minimum absolute atomic E-state index is 0.0531. The molecule has 5 atom stereocenters. The van der Waals surface area contributed by atoms with Crippen molar-refractivity contribution in [1.82, 2.24) is 9.76 Å². The highest BCUT2D eigenvalue weighted by molar-refractivity contribution is 7.54. The van der Waals surface area contributed by atoms with Gasteiger partial charge in [0.25, 0.3) is 0 Å². The molecule has 2 fully saturated rings. The number of nitrogens with one attached hydrogen (secondary N) is 1. The van der Waals surface area contributed by atoms with Crippen molar-refractivity contribution in [1.29, 1.82) is 0 Å². The van der Waals surface area contributed by atoms with E-state index in [0.29, 0.717) is 31.3 Å². The summed E-state index contributed by atoms with van der Waals surface area (Å²) in [5.74, 6) is 0.738. The maximum Gasteiger partial charge on any atom is 0.344 e. The number of methoxy groups -OCH3 is 1. The summed E-state index contributed by atoms with van der Waals surface area (Å²) in [6.07, 6.45) is -0.134. The summed E-state index contributed by atoms with van der Waals surface area (Å²) in [5.41, 5.74) is 0. The summed E-state index contributed by atoms with van der Waals surface area (Å²) in [6.45, 7) is 2.81. The number of fused-ring (bicyclic) bond motifs is 1. The fraction of sp³-hybridized carbons (Fsp3) is 1.00. The molecule has 2 aliphatic rings. The summed E-state index contributed by atoms with van der Waals surface area (Å²) in [6, 6.07) is -0.0531. The summed E-state index contributed by atoms with van der Waals surface area (Å²) < 4.78 is 31.4. The highest BCUT2D eigenvalue weighted by atomic mass is 35.5. The fourth-order valence-electron chi connectivity index (χ4n) is 2.60. The minimum Gasteiger partial charge on any atom is -0.356 e. The van der Waals surface area contributed by atoms with Crippen molar-refractivity contribution in [3.63, 3.8) is 0 Å².